The van der Waals surface area contributed by atoms with Crippen LogP contribution in [0.1, 0.15) is 60.5 Å². The van der Waals surface area contributed by atoms with Gasteiger partial charge >= 0.3 is 5.97 Å². The maximum atomic E-state index is 11.9. The van der Waals surface area contributed by atoms with Gasteiger partial charge in [-0.1, -0.05) is 62.8 Å². The van der Waals surface area contributed by atoms with E-state index in [0.717, 1.165) is 17.6 Å². The molecule has 0 saturated carbocycles. The second kappa shape index (κ2) is 12.4. The monoisotopic (exact) mass is 446 g/mol. The summed E-state index contributed by atoms with van der Waals surface area (Å²) in [6, 6.07) is 10.2. The highest BCUT2D eigenvalue weighted by Crippen LogP contribution is 2.38. The lowest BCUT2D eigenvalue weighted by Crippen LogP contribution is -2.47. The summed E-state index contributed by atoms with van der Waals surface area (Å²) in [6.07, 6.45) is 4.60. The normalized spacial score (nSPS) is 15.5. The quantitative estimate of drug-likeness (QED) is 0.162. The van der Waals surface area contributed by atoms with Gasteiger partial charge in [-0.2, -0.15) is 0 Å². The Hall–Kier alpha value is -1.69. The zero-order valence-electron chi connectivity index (χ0n) is 21.0. The summed E-state index contributed by atoms with van der Waals surface area (Å²) < 4.78 is 18.0. The van der Waals surface area contributed by atoms with Gasteiger partial charge in [-0.05, 0) is 63.9 Å². The summed E-state index contributed by atoms with van der Waals surface area (Å²) >= 11 is 0. The minimum atomic E-state index is -1.97. The van der Waals surface area contributed by atoms with Crippen LogP contribution in [0.15, 0.2) is 53.6 Å². The van der Waals surface area contributed by atoms with E-state index in [0.29, 0.717) is 18.8 Å². The van der Waals surface area contributed by atoms with E-state index in [4.69, 9.17) is 13.9 Å². The van der Waals surface area contributed by atoms with Gasteiger partial charge in [-0.25, -0.2) is 4.79 Å². The van der Waals surface area contributed by atoms with Crippen molar-refractivity contribution in [2.45, 2.75) is 91.8 Å². The van der Waals surface area contributed by atoms with E-state index in [9.17, 15) is 4.79 Å². The number of rotatable bonds is 11. The second-order valence-corrected chi connectivity index (χ2v) is 14.4. The Labute approximate surface area is 190 Å². The maximum absolute atomic E-state index is 11.9. The molecular weight excluding hydrogens is 404 g/mol. The SMILES string of the molecule is CCOC(=O)/C(C)=C/C(C)=C/C[C@H](O[Si](C)(C)C(C)(C)C)[C@H](C)OCc1ccccc1. The molecule has 0 amide bonds. The van der Waals surface area contributed by atoms with E-state index in [1.807, 2.05) is 38.1 Å². The molecule has 1 aromatic carbocycles. The van der Waals surface area contributed by atoms with Crippen molar-refractivity contribution in [3.05, 3.63) is 59.2 Å². The van der Waals surface area contributed by atoms with E-state index in [1.54, 1.807) is 6.92 Å². The molecule has 31 heavy (non-hydrogen) atoms. The zero-order valence-corrected chi connectivity index (χ0v) is 22.0. The number of hydrogen-bond acceptors (Lipinski definition) is 4. The fraction of sp³-hybridized carbons (Fsp3) is 0.577. The smallest absolute Gasteiger partial charge is 0.333 e. The molecule has 0 unspecified atom stereocenters. The molecule has 0 N–H and O–H groups in total. The lowest BCUT2D eigenvalue weighted by atomic mass is 10.1. The van der Waals surface area contributed by atoms with Gasteiger partial charge in [0, 0.05) is 5.57 Å². The van der Waals surface area contributed by atoms with Gasteiger partial charge in [0.05, 0.1) is 25.4 Å². The van der Waals surface area contributed by atoms with Crippen LogP contribution >= 0.6 is 0 Å². The molecule has 0 spiro atoms. The zero-order chi connectivity index (χ0) is 23.7. The summed E-state index contributed by atoms with van der Waals surface area (Å²) in [5.41, 5.74) is 2.77. The first kappa shape index (κ1) is 27.3. The van der Waals surface area contributed by atoms with Gasteiger partial charge in [-0.15, -0.1) is 0 Å². The van der Waals surface area contributed by atoms with Crippen molar-refractivity contribution in [1.29, 1.82) is 0 Å². The van der Waals surface area contributed by atoms with Crippen molar-refractivity contribution >= 4 is 14.3 Å². The molecule has 0 fully saturated rings. The highest BCUT2D eigenvalue weighted by molar-refractivity contribution is 6.74. The Morgan fingerprint density at radius 2 is 1.74 bits per heavy atom. The molecule has 1 rings (SSSR count). The fourth-order valence-corrected chi connectivity index (χ4v) is 4.20. The van der Waals surface area contributed by atoms with Crippen LogP contribution in [-0.2, 0) is 25.3 Å². The number of hydrogen-bond donors (Lipinski definition) is 0. The van der Waals surface area contributed by atoms with Crippen LogP contribution in [0.3, 0.4) is 0 Å². The number of carbonyl (C=O) groups is 1. The lowest BCUT2D eigenvalue weighted by molar-refractivity contribution is -0.138. The second-order valence-electron chi connectivity index (χ2n) is 9.65. The minimum absolute atomic E-state index is 0.0594. The number of benzene rings is 1. The van der Waals surface area contributed by atoms with Crippen molar-refractivity contribution in [1.82, 2.24) is 0 Å². The molecule has 0 aromatic heterocycles. The number of carbonyl (C=O) groups excluding carboxylic acids is 1. The minimum Gasteiger partial charge on any atom is -0.463 e. The summed E-state index contributed by atoms with van der Waals surface area (Å²) in [5.74, 6) is -0.274. The van der Waals surface area contributed by atoms with Crippen LogP contribution in [0.2, 0.25) is 18.1 Å². The summed E-state index contributed by atoms with van der Waals surface area (Å²) in [6.45, 7) is 19.9. The van der Waals surface area contributed by atoms with Gasteiger partial charge in [0.2, 0.25) is 0 Å². The summed E-state index contributed by atoms with van der Waals surface area (Å²) in [5, 5.41) is 0.115. The molecule has 5 heteroatoms. The van der Waals surface area contributed by atoms with E-state index < -0.39 is 8.32 Å². The van der Waals surface area contributed by atoms with E-state index in [-0.39, 0.29) is 23.2 Å². The summed E-state index contributed by atoms with van der Waals surface area (Å²) in [7, 11) is -1.97. The van der Waals surface area contributed by atoms with Crippen molar-refractivity contribution in [3.8, 4) is 0 Å². The highest BCUT2D eigenvalue weighted by atomic mass is 28.4. The van der Waals surface area contributed by atoms with Gasteiger partial charge in [0.25, 0.3) is 0 Å². The predicted octanol–water partition coefficient (Wildman–Crippen LogP) is 6.83. The Morgan fingerprint density at radius 1 is 1.13 bits per heavy atom. The molecule has 174 valence electrons. The average Bonchev–Trinajstić information content (AvgIpc) is 2.69. The third-order valence-electron chi connectivity index (χ3n) is 5.85. The van der Waals surface area contributed by atoms with Crippen molar-refractivity contribution < 1.29 is 18.7 Å². The third-order valence-corrected chi connectivity index (χ3v) is 10.3. The molecule has 0 aliphatic rings. The fourth-order valence-electron chi connectivity index (χ4n) is 2.81. The van der Waals surface area contributed by atoms with Crippen molar-refractivity contribution in [3.63, 3.8) is 0 Å². The molecule has 0 aliphatic carbocycles. The standard InChI is InChI=1S/C26H42O4Si/c1-10-28-25(27)21(3)18-20(2)16-17-24(30-31(8,9)26(5,6)7)22(4)29-19-23-14-12-11-13-15-23/h11-16,18,22,24H,10,17,19H2,1-9H3/b20-16+,21-18+/t22-,24-/m0/s1. The van der Waals surface area contributed by atoms with Crippen molar-refractivity contribution in [2.75, 3.05) is 6.61 Å². The Morgan fingerprint density at radius 3 is 2.29 bits per heavy atom. The van der Waals surface area contributed by atoms with Gasteiger partial charge in [-0.3, -0.25) is 0 Å². The Balaban J connectivity index is 2.95. The molecule has 0 saturated heterocycles. The summed E-state index contributed by atoms with van der Waals surface area (Å²) in [4.78, 5) is 11.9. The first-order chi connectivity index (χ1) is 14.4. The number of ether oxygens (including phenoxy) is 2. The molecule has 0 heterocycles. The van der Waals surface area contributed by atoms with E-state index >= 15 is 0 Å². The van der Waals surface area contributed by atoms with Crippen LogP contribution in [0.25, 0.3) is 0 Å². The number of esters is 1. The largest absolute Gasteiger partial charge is 0.463 e. The van der Waals surface area contributed by atoms with Gasteiger partial charge < -0.3 is 13.9 Å². The molecular formula is C26H42O4Si. The van der Waals surface area contributed by atoms with Crippen LogP contribution in [0.5, 0.6) is 0 Å². The average molecular weight is 447 g/mol. The predicted molar refractivity (Wildman–Crippen MR) is 132 cm³/mol. The Bertz CT molecular complexity index is 744. The first-order valence-electron chi connectivity index (χ1n) is 11.2. The third kappa shape index (κ3) is 9.54. The molecule has 0 radical (unpaired) electrons. The Kier molecular flexibility index (Phi) is 10.9. The molecule has 4 nitrogen and oxygen atoms in total. The lowest BCUT2D eigenvalue weighted by Gasteiger charge is -2.40. The van der Waals surface area contributed by atoms with Crippen LogP contribution in [-0.4, -0.2) is 33.1 Å². The van der Waals surface area contributed by atoms with Gasteiger partial charge in [0.15, 0.2) is 8.32 Å². The number of allylic oxidation sites excluding steroid dienone is 2. The van der Waals surface area contributed by atoms with E-state index in [2.05, 4.69) is 59.0 Å². The molecule has 0 aliphatic heterocycles. The molecule has 0 bridgehead atoms. The highest BCUT2D eigenvalue weighted by Gasteiger charge is 2.40. The van der Waals surface area contributed by atoms with Gasteiger partial charge in [0.1, 0.15) is 0 Å². The first-order valence-corrected chi connectivity index (χ1v) is 14.1. The van der Waals surface area contributed by atoms with Crippen LogP contribution in [0, 0.1) is 0 Å². The molecule has 2 atom stereocenters. The van der Waals surface area contributed by atoms with Crippen molar-refractivity contribution in [2.24, 2.45) is 0 Å². The van der Waals surface area contributed by atoms with Crippen LogP contribution < -0.4 is 0 Å². The maximum Gasteiger partial charge on any atom is 0.333 e. The van der Waals surface area contributed by atoms with E-state index in [1.165, 1.54) is 0 Å². The topological polar surface area (TPSA) is 44.8 Å². The van der Waals surface area contributed by atoms with Crippen LogP contribution in [0.4, 0.5) is 0 Å². The molecule has 1 aromatic rings.